The zero-order valence-electron chi connectivity index (χ0n) is 12.2. The van der Waals surface area contributed by atoms with E-state index in [1.54, 1.807) is 22.5 Å². The smallest absolute Gasteiger partial charge is 0.245 e. The molecule has 2 unspecified atom stereocenters. The first-order chi connectivity index (χ1) is 10.1. The number of hydrogen-bond donors (Lipinski definition) is 1. The van der Waals surface area contributed by atoms with Crippen molar-refractivity contribution < 1.29 is 8.42 Å². The van der Waals surface area contributed by atoms with Crippen molar-refractivity contribution in [1.29, 1.82) is 0 Å². The third-order valence-corrected chi connectivity index (χ3v) is 6.64. The van der Waals surface area contributed by atoms with Crippen molar-refractivity contribution in [2.45, 2.75) is 30.7 Å². The highest BCUT2D eigenvalue weighted by atomic mass is 35.5. The van der Waals surface area contributed by atoms with E-state index in [9.17, 15) is 8.42 Å². The number of halogens is 1. The summed E-state index contributed by atoms with van der Waals surface area (Å²) < 4.78 is 35.9. The molecule has 0 amide bonds. The van der Waals surface area contributed by atoms with Gasteiger partial charge in [0.15, 0.2) is 0 Å². The largest absolute Gasteiger partial charge is 0.329 e. The van der Waals surface area contributed by atoms with Crippen molar-refractivity contribution in [2.75, 3.05) is 13.1 Å². The molecular weight excluding hydrogens is 344 g/mol. The molecule has 0 saturated carbocycles. The third kappa shape index (κ3) is 2.85. The van der Waals surface area contributed by atoms with Gasteiger partial charge in [0, 0.05) is 19.1 Å². The molecule has 0 bridgehead atoms. The number of benzene rings is 1. The second-order valence-corrected chi connectivity index (χ2v) is 7.81. The van der Waals surface area contributed by atoms with Crippen LogP contribution in [0.5, 0.6) is 0 Å². The van der Waals surface area contributed by atoms with Gasteiger partial charge in [-0.25, -0.2) is 8.42 Å². The third-order valence-electron chi connectivity index (χ3n) is 4.14. The summed E-state index contributed by atoms with van der Waals surface area (Å²) in [6.45, 7) is 2.92. The molecule has 22 heavy (non-hydrogen) atoms. The first kappa shape index (κ1) is 17.6. The van der Waals surface area contributed by atoms with Crippen LogP contribution in [0.3, 0.4) is 0 Å². The molecule has 1 aliphatic heterocycles. The van der Waals surface area contributed by atoms with E-state index < -0.39 is 10.0 Å². The fraction of sp³-hybridized carbons (Fsp3) is 0.538. The predicted molar refractivity (Wildman–Crippen MR) is 89.8 cm³/mol. The second-order valence-electron chi connectivity index (χ2n) is 5.43. The van der Waals surface area contributed by atoms with Crippen LogP contribution in [0.1, 0.15) is 19.8 Å². The Morgan fingerprint density at radius 1 is 1.41 bits per heavy atom. The van der Waals surface area contributed by atoms with Crippen molar-refractivity contribution in [3.63, 3.8) is 0 Å². The Bertz CT molecular complexity index is 749. The minimum Gasteiger partial charge on any atom is -0.329 e. The summed E-state index contributed by atoms with van der Waals surface area (Å²) >= 11 is 1.03. The van der Waals surface area contributed by atoms with Crippen molar-refractivity contribution in [2.24, 2.45) is 11.7 Å². The molecule has 1 aliphatic rings. The number of rotatable bonds is 3. The Morgan fingerprint density at radius 2 is 2.18 bits per heavy atom. The van der Waals surface area contributed by atoms with E-state index >= 15 is 0 Å². The topological polar surface area (TPSA) is 89.2 Å². The molecule has 0 spiro atoms. The Kier molecular flexibility index (Phi) is 5.39. The van der Waals surface area contributed by atoms with Crippen molar-refractivity contribution >= 4 is 45.2 Å². The number of nitrogens with zero attached hydrogens (tertiary/aromatic N) is 3. The molecule has 9 heteroatoms. The number of nitrogens with two attached hydrogens (primary N) is 1. The maximum atomic E-state index is 13.0. The summed E-state index contributed by atoms with van der Waals surface area (Å²) in [6, 6.07) is 4.94. The summed E-state index contributed by atoms with van der Waals surface area (Å²) in [4.78, 5) is 0.237. The zero-order chi connectivity index (χ0) is 15.0. The minimum atomic E-state index is -3.60. The number of piperidine rings is 1. The lowest BCUT2D eigenvalue weighted by Crippen LogP contribution is -2.51. The Morgan fingerprint density at radius 3 is 2.91 bits per heavy atom. The number of aromatic nitrogens is 2. The van der Waals surface area contributed by atoms with E-state index in [1.807, 2.05) is 0 Å². The van der Waals surface area contributed by atoms with Gasteiger partial charge in [0.2, 0.25) is 10.0 Å². The summed E-state index contributed by atoms with van der Waals surface area (Å²) in [5, 5.41) is 0. The van der Waals surface area contributed by atoms with E-state index in [0.29, 0.717) is 24.1 Å². The van der Waals surface area contributed by atoms with E-state index in [1.165, 1.54) is 0 Å². The maximum Gasteiger partial charge on any atom is 0.245 e. The van der Waals surface area contributed by atoms with Crippen LogP contribution < -0.4 is 5.73 Å². The quantitative estimate of drug-likeness (QED) is 0.900. The number of fused-ring (bicyclic) bond motifs is 1. The predicted octanol–water partition coefficient (Wildman–Crippen LogP) is 1.86. The van der Waals surface area contributed by atoms with Gasteiger partial charge in [-0.05, 0) is 30.9 Å². The molecular formula is C13H19ClN4O2S2. The van der Waals surface area contributed by atoms with Crippen molar-refractivity contribution in [3.05, 3.63) is 18.2 Å². The summed E-state index contributed by atoms with van der Waals surface area (Å²) in [5.41, 5.74) is 6.90. The lowest BCUT2D eigenvalue weighted by Gasteiger charge is -2.38. The molecule has 2 N–H and O–H groups in total. The number of hydrogen-bond acceptors (Lipinski definition) is 6. The van der Waals surface area contributed by atoms with Crippen LogP contribution in [0, 0.1) is 5.92 Å². The molecule has 6 nitrogen and oxygen atoms in total. The van der Waals surface area contributed by atoms with Gasteiger partial charge in [-0.15, -0.1) is 12.4 Å². The van der Waals surface area contributed by atoms with Crippen LogP contribution in [0.15, 0.2) is 23.1 Å². The van der Waals surface area contributed by atoms with E-state index in [0.717, 1.165) is 24.6 Å². The molecule has 0 radical (unpaired) electrons. The maximum absolute atomic E-state index is 13.0. The standard InChI is InChI=1S/C13H18N4O2S2.ClH/c1-9-4-3-7-17(11(9)8-14)21(18,19)12-6-2-5-10-13(12)16-20-15-10;/h2,5-6,9,11H,3-4,7-8,14H2,1H3;1H. The SMILES string of the molecule is CC1CCCN(S(=O)(=O)c2cccc3nsnc23)C1CN.Cl. The van der Waals surface area contributed by atoms with Crippen LogP contribution in [-0.4, -0.2) is 40.6 Å². The fourth-order valence-electron chi connectivity index (χ4n) is 2.98. The Hall–Kier alpha value is -0.800. The Labute approximate surface area is 140 Å². The first-order valence-electron chi connectivity index (χ1n) is 6.99. The molecule has 1 aromatic carbocycles. The van der Waals surface area contributed by atoms with Gasteiger partial charge in [0.25, 0.3) is 0 Å². The number of sulfonamides is 1. The molecule has 0 aliphatic carbocycles. The summed E-state index contributed by atoms with van der Waals surface area (Å²) in [6.07, 6.45) is 1.87. The Balaban J connectivity index is 0.00000176. The normalized spacial score (nSPS) is 23.4. The molecule has 2 heterocycles. The molecule has 2 aromatic rings. The average molecular weight is 363 g/mol. The minimum absolute atomic E-state index is 0. The second kappa shape index (κ2) is 6.76. The first-order valence-corrected chi connectivity index (χ1v) is 9.16. The monoisotopic (exact) mass is 362 g/mol. The molecule has 3 rings (SSSR count). The van der Waals surface area contributed by atoms with Gasteiger partial charge in [0.1, 0.15) is 15.9 Å². The highest BCUT2D eigenvalue weighted by Gasteiger charge is 2.37. The van der Waals surface area contributed by atoms with E-state index in [-0.39, 0.29) is 29.3 Å². The van der Waals surface area contributed by atoms with Gasteiger partial charge >= 0.3 is 0 Å². The fourth-order valence-corrected chi connectivity index (χ4v) is 5.50. The van der Waals surface area contributed by atoms with Crippen LogP contribution in [-0.2, 0) is 10.0 Å². The lowest BCUT2D eigenvalue weighted by molar-refractivity contribution is 0.192. The molecule has 122 valence electrons. The van der Waals surface area contributed by atoms with Gasteiger partial charge < -0.3 is 5.73 Å². The van der Waals surface area contributed by atoms with Crippen LogP contribution in [0.4, 0.5) is 0 Å². The van der Waals surface area contributed by atoms with Crippen LogP contribution in [0.25, 0.3) is 11.0 Å². The van der Waals surface area contributed by atoms with Gasteiger partial charge in [-0.1, -0.05) is 13.0 Å². The van der Waals surface area contributed by atoms with Gasteiger partial charge in [-0.3, -0.25) is 0 Å². The molecule has 1 aromatic heterocycles. The summed E-state index contributed by atoms with van der Waals surface area (Å²) in [7, 11) is -3.60. The van der Waals surface area contributed by atoms with Crippen molar-refractivity contribution in [1.82, 2.24) is 13.1 Å². The lowest BCUT2D eigenvalue weighted by atomic mass is 9.93. The summed E-state index contributed by atoms with van der Waals surface area (Å²) in [5.74, 6) is 0.270. The zero-order valence-corrected chi connectivity index (χ0v) is 14.6. The van der Waals surface area contributed by atoms with Crippen LogP contribution in [0.2, 0.25) is 0 Å². The molecule has 2 atom stereocenters. The van der Waals surface area contributed by atoms with Crippen LogP contribution >= 0.6 is 24.1 Å². The highest BCUT2D eigenvalue weighted by molar-refractivity contribution is 7.89. The highest BCUT2D eigenvalue weighted by Crippen LogP contribution is 2.31. The average Bonchev–Trinajstić information content (AvgIpc) is 2.95. The van der Waals surface area contributed by atoms with E-state index in [2.05, 4.69) is 15.7 Å². The van der Waals surface area contributed by atoms with E-state index in [4.69, 9.17) is 5.73 Å². The van der Waals surface area contributed by atoms with Gasteiger partial charge in [0.05, 0.1) is 11.7 Å². The van der Waals surface area contributed by atoms with Crippen molar-refractivity contribution in [3.8, 4) is 0 Å². The van der Waals surface area contributed by atoms with Gasteiger partial charge in [-0.2, -0.15) is 13.1 Å². The molecule has 1 fully saturated rings. The molecule has 1 saturated heterocycles.